The third-order valence-electron chi connectivity index (χ3n) is 5.63. The van der Waals surface area contributed by atoms with Crippen LogP contribution in [0, 0.1) is 5.92 Å². The van der Waals surface area contributed by atoms with Gasteiger partial charge in [0, 0.05) is 24.2 Å². The molecule has 0 amide bonds. The molecule has 1 aliphatic carbocycles. The molecule has 0 unspecified atom stereocenters. The lowest BCUT2D eigenvalue weighted by Crippen LogP contribution is -2.24. The standard InChI is InChI=1S/C20H25N5O4S/c1-13(14-5-3-2-4-6-14)24-19-17-7-8-25(20(17)23-12-22-19)16-9-15(18(26)10-16)11-29-30(21,27)28/h2-8,12-13,15-16,18,26H,9-11H2,1H3,(H2,21,27,28)(H,22,23,24)/t13-,15-,16+,18-/m0/s1. The average Bonchev–Trinajstić information content (AvgIpc) is 3.30. The number of aromatic nitrogens is 3. The summed E-state index contributed by atoms with van der Waals surface area (Å²) in [5.41, 5.74) is 1.92. The number of nitrogens with two attached hydrogens (primary N) is 1. The van der Waals surface area contributed by atoms with Crippen molar-refractivity contribution in [1.29, 1.82) is 0 Å². The molecule has 1 fully saturated rings. The van der Waals surface area contributed by atoms with Gasteiger partial charge in [0.1, 0.15) is 17.8 Å². The van der Waals surface area contributed by atoms with E-state index in [4.69, 9.17) is 5.14 Å². The van der Waals surface area contributed by atoms with Gasteiger partial charge in [-0.05, 0) is 31.4 Å². The van der Waals surface area contributed by atoms with Gasteiger partial charge in [0.15, 0.2) is 0 Å². The van der Waals surface area contributed by atoms with Crippen LogP contribution < -0.4 is 10.5 Å². The molecule has 4 atom stereocenters. The molecule has 0 radical (unpaired) electrons. The first-order chi connectivity index (χ1) is 14.3. The highest BCUT2D eigenvalue weighted by atomic mass is 32.2. The van der Waals surface area contributed by atoms with E-state index in [-0.39, 0.29) is 24.6 Å². The summed E-state index contributed by atoms with van der Waals surface area (Å²) in [6, 6.07) is 12.1. The van der Waals surface area contributed by atoms with Crippen molar-refractivity contribution in [2.24, 2.45) is 11.1 Å². The maximum Gasteiger partial charge on any atom is 0.333 e. The molecule has 9 nitrogen and oxygen atoms in total. The first-order valence-electron chi connectivity index (χ1n) is 9.80. The highest BCUT2D eigenvalue weighted by Crippen LogP contribution is 2.38. The van der Waals surface area contributed by atoms with Gasteiger partial charge in [0.25, 0.3) is 0 Å². The van der Waals surface area contributed by atoms with Gasteiger partial charge in [-0.2, -0.15) is 8.42 Å². The molecule has 3 aromatic rings. The molecule has 1 saturated carbocycles. The zero-order valence-corrected chi connectivity index (χ0v) is 17.4. The topological polar surface area (TPSA) is 132 Å². The van der Waals surface area contributed by atoms with Crippen LogP contribution in [-0.2, 0) is 14.5 Å². The monoisotopic (exact) mass is 431 g/mol. The predicted molar refractivity (Wildman–Crippen MR) is 113 cm³/mol. The summed E-state index contributed by atoms with van der Waals surface area (Å²) < 4.78 is 28.8. The summed E-state index contributed by atoms with van der Waals surface area (Å²) >= 11 is 0. The molecule has 10 heteroatoms. The average molecular weight is 432 g/mol. The largest absolute Gasteiger partial charge is 0.393 e. The van der Waals surface area contributed by atoms with E-state index in [1.165, 1.54) is 6.33 Å². The van der Waals surface area contributed by atoms with Crippen LogP contribution in [0.2, 0.25) is 0 Å². The van der Waals surface area contributed by atoms with Crippen molar-refractivity contribution < 1.29 is 17.7 Å². The number of fused-ring (bicyclic) bond motifs is 1. The molecular weight excluding hydrogens is 406 g/mol. The van der Waals surface area contributed by atoms with Gasteiger partial charge in [-0.1, -0.05) is 30.3 Å². The van der Waals surface area contributed by atoms with Gasteiger partial charge in [0.2, 0.25) is 0 Å². The third kappa shape index (κ3) is 4.46. The number of hydrogen-bond donors (Lipinski definition) is 3. The van der Waals surface area contributed by atoms with E-state index < -0.39 is 16.4 Å². The van der Waals surface area contributed by atoms with E-state index in [1.54, 1.807) is 0 Å². The lowest BCUT2D eigenvalue weighted by Gasteiger charge is -2.16. The van der Waals surface area contributed by atoms with Crippen molar-refractivity contribution in [2.75, 3.05) is 11.9 Å². The Balaban J connectivity index is 1.53. The van der Waals surface area contributed by atoms with Crippen LogP contribution in [0.15, 0.2) is 48.9 Å². The van der Waals surface area contributed by atoms with E-state index in [0.29, 0.717) is 12.8 Å². The molecule has 160 valence electrons. The number of nitrogens with one attached hydrogen (secondary N) is 1. The number of aliphatic hydroxyl groups is 1. The van der Waals surface area contributed by atoms with Crippen molar-refractivity contribution in [1.82, 2.24) is 14.5 Å². The van der Waals surface area contributed by atoms with Crippen molar-refractivity contribution in [3.63, 3.8) is 0 Å². The summed E-state index contributed by atoms with van der Waals surface area (Å²) in [5, 5.41) is 19.6. The number of aliphatic hydroxyl groups excluding tert-OH is 1. The number of anilines is 1. The number of benzene rings is 1. The van der Waals surface area contributed by atoms with Crippen molar-refractivity contribution in [2.45, 2.75) is 38.0 Å². The van der Waals surface area contributed by atoms with Crippen LogP contribution in [0.4, 0.5) is 5.82 Å². The van der Waals surface area contributed by atoms with Crippen LogP contribution >= 0.6 is 0 Å². The van der Waals surface area contributed by atoms with Crippen LogP contribution in [0.5, 0.6) is 0 Å². The zero-order valence-electron chi connectivity index (χ0n) is 16.5. The van der Waals surface area contributed by atoms with Gasteiger partial charge in [-0.3, -0.25) is 4.18 Å². The van der Waals surface area contributed by atoms with Crippen LogP contribution in [0.3, 0.4) is 0 Å². The predicted octanol–water partition coefficient (Wildman–Crippen LogP) is 2.14. The molecule has 4 N–H and O–H groups in total. The Morgan fingerprint density at radius 1 is 1.27 bits per heavy atom. The molecule has 0 spiro atoms. The highest BCUT2D eigenvalue weighted by molar-refractivity contribution is 7.84. The molecule has 2 aromatic heterocycles. The van der Waals surface area contributed by atoms with Crippen LogP contribution in [-0.4, -0.2) is 40.8 Å². The molecular formula is C20H25N5O4S. The Bertz CT molecular complexity index is 1120. The lowest BCUT2D eigenvalue weighted by atomic mass is 10.1. The summed E-state index contributed by atoms with van der Waals surface area (Å²) in [6.07, 6.45) is 3.82. The van der Waals surface area contributed by atoms with Gasteiger partial charge in [-0.25, -0.2) is 15.1 Å². The first kappa shape index (κ1) is 20.7. The molecule has 1 aromatic carbocycles. The van der Waals surface area contributed by atoms with E-state index in [2.05, 4.69) is 38.5 Å². The number of rotatable bonds is 7. The fraction of sp³-hybridized carbons (Fsp3) is 0.400. The van der Waals surface area contributed by atoms with E-state index in [0.717, 1.165) is 22.4 Å². The molecule has 4 rings (SSSR count). The highest BCUT2D eigenvalue weighted by Gasteiger charge is 2.35. The second-order valence-corrected chi connectivity index (χ2v) is 8.91. The van der Waals surface area contributed by atoms with Gasteiger partial charge < -0.3 is 15.0 Å². The smallest absolute Gasteiger partial charge is 0.333 e. The molecule has 0 bridgehead atoms. The van der Waals surface area contributed by atoms with Gasteiger partial charge in [0.05, 0.1) is 18.1 Å². The van der Waals surface area contributed by atoms with E-state index >= 15 is 0 Å². The minimum atomic E-state index is -4.03. The van der Waals surface area contributed by atoms with E-state index in [1.807, 2.05) is 35.0 Å². The SMILES string of the molecule is C[C@H](Nc1ncnc2c1ccn2[C@@H]1C[C@@H](COS(N)(=O)=O)[C@@H](O)C1)c1ccccc1. The molecule has 30 heavy (non-hydrogen) atoms. The zero-order chi connectivity index (χ0) is 21.3. The maximum atomic E-state index is 11.1. The van der Waals surface area contributed by atoms with Crippen LogP contribution in [0.1, 0.15) is 37.4 Å². The summed E-state index contributed by atoms with van der Waals surface area (Å²) in [5.74, 6) is 0.422. The quantitative estimate of drug-likeness (QED) is 0.522. The molecule has 1 aliphatic rings. The molecule has 0 saturated heterocycles. The summed E-state index contributed by atoms with van der Waals surface area (Å²) in [7, 11) is -4.03. The van der Waals surface area contributed by atoms with Gasteiger partial charge >= 0.3 is 10.3 Å². The summed E-state index contributed by atoms with van der Waals surface area (Å²) in [4.78, 5) is 8.86. The molecule has 0 aliphatic heterocycles. The van der Waals surface area contributed by atoms with Crippen molar-refractivity contribution in [3.8, 4) is 0 Å². The summed E-state index contributed by atoms with van der Waals surface area (Å²) in [6.45, 7) is 1.94. The first-order valence-corrected chi connectivity index (χ1v) is 11.3. The number of hydrogen-bond acceptors (Lipinski definition) is 7. The second kappa shape index (κ2) is 8.31. The Kier molecular flexibility index (Phi) is 5.74. The minimum absolute atomic E-state index is 0.0270. The maximum absolute atomic E-state index is 11.1. The number of nitrogens with zero attached hydrogens (tertiary/aromatic N) is 3. The molecule has 2 heterocycles. The Labute approximate surface area is 175 Å². The van der Waals surface area contributed by atoms with Crippen LogP contribution in [0.25, 0.3) is 11.0 Å². The third-order valence-corrected chi connectivity index (χ3v) is 6.10. The normalized spacial score (nSPS) is 23.0. The Morgan fingerprint density at radius 3 is 2.77 bits per heavy atom. The van der Waals surface area contributed by atoms with Crippen molar-refractivity contribution >= 4 is 27.2 Å². The fourth-order valence-corrected chi connectivity index (χ4v) is 4.44. The van der Waals surface area contributed by atoms with Crippen molar-refractivity contribution in [3.05, 3.63) is 54.5 Å². The Morgan fingerprint density at radius 2 is 2.03 bits per heavy atom. The fourth-order valence-electron chi connectivity index (χ4n) is 4.07. The van der Waals surface area contributed by atoms with E-state index in [9.17, 15) is 13.5 Å². The van der Waals surface area contributed by atoms with Gasteiger partial charge in [-0.15, -0.1) is 0 Å². The Hall–Kier alpha value is -2.53. The second-order valence-electron chi connectivity index (χ2n) is 7.69. The minimum Gasteiger partial charge on any atom is -0.393 e. The lowest BCUT2D eigenvalue weighted by molar-refractivity contribution is 0.100.